The summed E-state index contributed by atoms with van der Waals surface area (Å²) in [4.78, 5) is 12.3. The summed E-state index contributed by atoms with van der Waals surface area (Å²) >= 11 is 0. The van der Waals surface area contributed by atoms with Crippen LogP contribution in [0.15, 0.2) is 83.8 Å². The quantitative estimate of drug-likeness (QED) is 0.497. The molecular weight excluding hydrogens is 428 g/mol. The second kappa shape index (κ2) is 10.5. The van der Waals surface area contributed by atoms with Crippen molar-refractivity contribution >= 4 is 33.4 Å². The molecule has 1 amide bonds. The van der Waals surface area contributed by atoms with Crippen LogP contribution in [0.25, 0.3) is 6.08 Å². The van der Waals surface area contributed by atoms with Crippen molar-refractivity contribution in [1.29, 1.82) is 0 Å². The Kier molecular flexibility index (Phi) is 7.51. The normalized spacial score (nSPS) is 11.2. The summed E-state index contributed by atoms with van der Waals surface area (Å²) in [5.41, 5.74) is 1.88. The molecule has 0 saturated carbocycles. The molecule has 32 heavy (non-hydrogen) atoms. The van der Waals surface area contributed by atoms with Crippen LogP contribution in [0.2, 0.25) is 0 Å². The molecule has 3 aromatic rings. The molecule has 0 heterocycles. The van der Waals surface area contributed by atoms with Crippen LogP contribution in [0.4, 0.5) is 11.4 Å². The zero-order chi connectivity index (χ0) is 23.0. The molecule has 0 aromatic heterocycles. The van der Waals surface area contributed by atoms with Gasteiger partial charge in [-0.15, -0.1) is 0 Å². The Labute approximate surface area is 187 Å². The van der Waals surface area contributed by atoms with Crippen molar-refractivity contribution in [3.63, 3.8) is 0 Å². The van der Waals surface area contributed by atoms with Crippen LogP contribution in [0, 0.1) is 0 Å². The predicted octanol–water partition coefficient (Wildman–Crippen LogP) is 4.55. The van der Waals surface area contributed by atoms with Gasteiger partial charge in [0.1, 0.15) is 0 Å². The van der Waals surface area contributed by atoms with Crippen LogP contribution < -0.4 is 19.5 Å². The molecule has 3 aromatic carbocycles. The van der Waals surface area contributed by atoms with Crippen molar-refractivity contribution in [3.8, 4) is 11.5 Å². The number of methoxy groups -OCH3 is 1. The highest BCUT2D eigenvalue weighted by molar-refractivity contribution is 7.92. The van der Waals surface area contributed by atoms with E-state index in [9.17, 15) is 13.2 Å². The molecular formula is C24H24N2O5S. The van der Waals surface area contributed by atoms with E-state index in [4.69, 9.17) is 9.47 Å². The molecule has 0 aliphatic carbocycles. The largest absolute Gasteiger partial charge is 0.493 e. The molecule has 0 saturated heterocycles. The number of para-hydroxylation sites is 1. The lowest BCUT2D eigenvalue weighted by Gasteiger charge is -2.12. The van der Waals surface area contributed by atoms with Crippen molar-refractivity contribution in [3.05, 3.63) is 84.4 Å². The van der Waals surface area contributed by atoms with Gasteiger partial charge in [-0.1, -0.05) is 36.4 Å². The van der Waals surface area contributed by atoms with Gasteiger partial charge in [0.15, 0.2) is 18.1 Å². The predicted molar refractivity (Wildman–Crippen MR) is 126 cm³/mol. The van der Waals surface area contributed by atoms with E-state index in [1.807, 2.05) is 31.2 Å². The number of hydrogen-bond donors (Lipinski definition) is 2. The third-order valence-electron chi connectivity index (χ3n) is 4.38. The summed E-state index contributed by atoms with van der Waals surface area (Å²) in [6, 6.07) is 19.9. The Morgan fingerprint density at radius 1 is 0.938 bits per heavy atom. The molecule has 7 nitrogen and oxygen atoms in total. The summed E-state index contributed by atoms with van der Waals surface area (Å²) in [7, 11) is -2.19. The topological polar surface area (TPSA) is 93.7 Å². The number of anilines is 2. The molecule has 0 spiro atoms. The van der Waals surface area contributed by atoms with E-state index >= 15 is 0 Å². The van der Waals surface area contributed by atoms with Gasteiger partial charge in [0.2, 0.25) is 0 Å². The van der Waals surface area contributed by atoms with Crippen molar-refractivity contribution in [2.75, 3.05) is 23.8 Å². The molecule has 3 rings (SSSR count). The fraction of sp³-hybridized carbons (Fsp3) is 0.125. The Morgan fingerprint density at radius 2 is 1.66 bits per heavy atom. The zero-order valence-electron chi connectivity index (χ0n) is 17.7. The fourth-order valence-corrected chi connectivity index (χ4v) is 3.94. The van der Waals surface area contributed by atoms with Gasteiger partial charge in [-0.25, -0.2) is 8.42 Å². The maximum absolute atomic E-state index is 12.5. The third-order valence-corrected chi connectivity index (χ3v) is 5.78. The third kappa shape index (κ3) is 6.12. The molecule has 0 aliphatic heterocycles. The van der Waals surface area contributed by atoms with Crippen LogP contribution in [0.1, 0.15) is 12.5 Å². The smallest absolute Gasteiger partial charge is 0.262 e. The number of nitrogens with one attached hydrogen (secondary N) is 2. The Hall–Kier alpha value is -3.78. The van der Waals surface area contributed by atoms with Gasteiger partial charge in [0.25, 0.3) is 15.9 Å². The van der Waals surface area contributed by atoms with E-state index < -0.39 is 10.0 Å². The number of benzene rings is 3. The Balaban J connectivity index is 1.59. The second-order valence-corrected chi connectivity index (χ2v) is 8.43. The highest BCUT2D eigenvalue weighted by atomic mass is 32.2. The van der Waals surface area contributed by atoms with E-state index in [-0.39, 0.29) is 17.4 Å². The molecule has 8 heteroatoms. The summed E-state index contributed by atoms with van der Waals surface area (Å²) in [5, 5.41) is 2.68. The van der Waals surface area contributed by atoms with Gasteiger partial charge < -0.3 is 14.8 Å². The molecule has 0 fully saturated rings. The maximum Gasteiger partial charge on any atom is 0.262 e. The fourth-order valence-electron chi connectivity index (χ4n) is 2.88. The van der Waals surface area contributed by atoms with Gasteiger partial charge in [0, 0.05) is 11.4 Å². The molecule has 0 bridgehead atoms. The SMILES string of the molecule is C/C=C/c1ccc(OCC(=O)Nc2ccc(S(=O)(=O)Nc3ccccc3)cc2)c(OC)c1. The highest BCUT2D eigenvalue weighted by Gasteiger charge is 2.14. The first-order valence-corrected chi connectivity index (χ1v) is 11.3. The standard InChI is InChI=1S/C24H24N2O5S/c1-3-7-18-10-15-22(23(16-18)30-2)31-17-24(27)25-19-11-13-21(14-12-19)32(28,29)26-20-8-5-4-6-9-20/h3-16,26H,17H2,1-2H3,(H,25,27)/b7-3+. The minimum absolute atomic E-state index is 0.0848. The van der Waals surface area contributed by atoms with E-state index in [0.29, 0.717) is 22.9 Å². The van der Waals surface area contributed by atoms with E-state index in [0.717, 1.165) is 5.56 Å². The molecule has 166 valence electrons. The lowest BCUT2D eigenvalue weighted by molar-refractivity contribution is -0.118. The molecule has 0 atom stereocenters. The van der Waals surface area contributed by atoms with Gasteiger partial charge in [0.05, 0.1) is 12.0 Å². The summed E-state index contributed by atoms with van der Waals surface area (Å²) in [5.74, 6) is 0.584. The molecule has 0 radical (unpaired) electrons. The number of carbonyl (C=O) groups excluding carboxylic acids is 1. The summed E-state index contributed by atoms with van der Waals surface area (Å²) < 4.78 is 38.4. The summed E-state index contributed by atoms with van der Waals surface area (Å²) in [6.07, 6.45) is 3.84. The first kappa shape index (κ1) is 22.9. The Morgan fingerprint density at radius 3 is 2.31 bits per heavy atom. The van der Waals surface area contributed by atoms with Crippen LogP contribution >= 0.6 is 0 Å². The van der Waals surface area contributed by atoms with Crippen LogP contribution in [0.5, 0.6) is 11.5 Å². The highest BCUT2D eigenvalue weighted by Crippen LogP contribution is 2.28. The lowest BCUT2D eigenvalue weighted by atomic mass is 10.2. The summed E-state index contributed by atoms with van der Waals surface area (Å²) in [6.45, 7) is 1.69. The maximum atomic E-state index is 12.5. The minimum atomic E-state index is -3.73. The number of sulfonamides is 1. The van der Waals surface area contributed by atoms with E-state index in [1.54, 1.807) is 36.4 Å². The monoisotopic (exact) mass is 452 g/mol. The number of allylic oxidation sites excluding steroid dienone is 1. The van der Waals surface area contributed by atoms with Gasteiger partial charge in [-0.05, 0) is 61.0 Å². The number of rotatable bonds is 9. The first-order chi connectivity index (χ1) is 15.4. The number of amides is 1. The lowest BCUT2D eigenvalue weighted by Crippen LogP contribution is -2.20. The molecule has 0 aliphatic rings. The molecule has 2 N–H and O–H groups in total. The number of carbonyl (C=O) groups is 1. The number of ether oxygens (including phenoxy) is 2. The van der Waals surface area contributed by atoms with E-state index in [1.165, 1.54) is 31.4 Å². The van der Waals surface area contributed by atoms with Crippen molar-refractivity contribution in [2.45, 2.75) is 11.8 Å². The number of hydrogen-bond acceptors (Lipinski definition) is 5. The minimum Gasteiger partial charge on any atom is -0.493 e. The van der Waals surface area contributed by atoms with Crippen LogP contribution in [0.3, 0.4) is 0 Å². The van der Waals surface area contributed by atoms with Gasteiger partial charge in [-0.2, -0.15) is 0 Å². The first-order valence-electron chi connectivity index (χ1n) is 9.82. The Bertz CT molecular complexity index is 1190. The average Bonchev–Trinajstić information content (AvgIpc) is 2.79. The zero-order valence-corrected chi connectivity index (χ0v) is 18.6. The van der Waals surface area contributed by atoms with Crippen molar-refractivity contribution in [2.24, 2.45) is 0 Å². The average molecular weight is 453 g/mol. The van der Waals surface area contributed by atoms with Gasteiger partial charge in [-0.3, -0.25) is 9.52 Å². The van der Waals surface area contributed by atoms with Crippen LogP contribution in [-0.2, 0) is 14.8 Å². The second-order valence-electron chi connectivity index (χ2n) is 6.74. The molecule has 0 unspecified atom stereocenters. The van der Waals surface area contributed by atoms with Crippen molar-refractivity contribution in [1.82, 2.24) is 0 Å². The van der Waals surface area contributed by atoms with Gasteiger partial charge >= 0.3 is 0 Å². The van der Waals surface area contributed by atoms with Crippen molar-refractivity contribution < 1.29 is 22.7 Å². The van der Waals surface area contributed by atoms with Crippen LogP contribution in [-0.4, -0.2) is 28.0 Å². The van der Waals surface area contributed by atoms with E-state index in [2.05, 4.69) is 10.0 Å².